The molecule has 1 aliphatic rings. The van der Waals surface area contributed by atoms with Gasteiger partial charge in [0.25, 0.3) is 0 Å². The molecule has 3 rings (SSSR count). The summed E-state index contributed by atoms with van der Waals surface area (Å²) in [5.74, 6) is 0.276. The van der Waals surface area contributed by atoms with Gasteiger partial charge in [0, 0.05) is 17.7 Å². The lowest BCUT2D eigenvalue weighted by atomic mass is 9.97. The minimum absolute atomic E-state index is 0.0644. The molecule has 1 saturated heterocycles. The molecule has 2 atom stereocenters. The summed E-state index contributed by atoms with van der Waals surface area (Å²) in [6.07, 6.45) is 1.02. The van der Waals surface area contributed by atoms with E-state index in [1.165, 1.54) is 0 Å². The SMILES string of the molecule is Oc1ccc(C(NC2CCOC2)c2ccc(Cl)cc2)cc1. The number of nitrogens with one attached hydrogen (secondary N) is 1. The van der Waals surface area contributed by atoms with E-state index in [0.29, 0.717) is 6.04 Å². The van der Waals surface area contributed by atoms with Gasteiger partial charge in [0.2, 0.25) is 0 Å². The maximum atomic E-state index is 9.47. The van der Waals surface area contributed by atoms with E-state index in [1.807, 2.05) is 36.4 Å². The third-order valence-electron chi connectivity index (χ3n) is 3.76. The summed E-state index contributed by atoms with van der Waals surface area (Å²) < 4.78 is 5.44. The Morgan fingerprint density at radius 3 is 2.24 bits per heavy atom. The van der Waals surface area contributed by atoms with Gasteiger partial charge in [-0.3, -0.25) is 0 Å². The number of phenolic OH excluding ortho intramolecular Hbond substituents is 1. The lowest BCUT2D eigenvalue weighted by molar-refractivity contribution is 0.189. The average molecular weight is 304 g/mol. The molecule has 2 unspecified atom stereocenters. The lowest BCUT2D eigenvalue weighted by Gasteiger charge is -2.23. The van der Waals surface area contributed by atoms with Crippen LogP contribution in [0.2, 0.25) is 5.02 Å². The normalized spacial score (nSPS) is 19.6. The maximum Gasteiger partial charge on any atom is 0.115 e. The van der Waals surface area contributed by atoms with E-state index in [4.69, 9.17) is 16.3 Å². The van der Waals surface area contributed by atoms with E-state index in [2.05, 4.69) is 5.32 Å². The van der Waals surface area contributed by atoms with Gasteiger partial charge >= 0.3 is 0 Å². The van der Waals surface area contributed by atoms with Crippen molar-refractivity contribution in [3.63, 3.8) is 0 Å². The summed E-state index contributed by atoms with van der Waals surface area (Å²) in [4.78, 5) is 0. The summed E-state index contributed by atoms with van der Waals surface area (Å²) in [6.45, 7) is 1.54. The van der Waals surface area contributed by atoms with E-state index in [9.17, 15) is 5.11 Å². The van der Waals surface area contributed by atoms with Gasteiger partial charge in [-0.05, 0) is 41.8 Å². The van der Waals surface area contributed by atoms with Crippen molar-refractivity contribution >= 4 is 11.6 Å². The van der Waals surface area contributed by atoms with Crippen LogP contribution in [0.1, 0.15) is 23.6 Å². The van der Waals surface area contributed by atoms with Gasteiger partial charge in [0.15, 0.2) is 0 Å². The Morgan fingerprint density at radius 1 is 1.05 bits per heavy atom. The van der Waals surface area contributed by atoms with E-state index in [-0.39, 0.29) is 11.8 Å². The molecule has 0 aromatic heterocycles. The van der Waals surface area contributed by atoms with Crippen LogP contribution in [-0.2, 0) is 4.74 Å². The Kier molecular flexibility index (Phi) is 4.44. The number of halogens is 1. The highest BCUT2D eigenvalue weighted by Crippen LogP contribution is 2.26. The van der Waals surface area contributed by atoms with Crippen LogP contribution in [-0.4, -0.2) is 24.4 Å². The first kappa shape index (κ1) is 14.4. The first-order chi connectivity index (χ1) is 10.2. The number of hydrogen-bond acceptors (Lipinski definition) is 3. The molecular weight excluding hydrogens is 286 g/mol. The zero-order valence-electron chi connectivity index (χ0n) is 11.6. The second kappa shape index (κ2) is 6.48. The Balaban J connectivity index is 1.89. The molecule has 0 radical (unpaired) electrons. The van der Waals surface area contributed by atoms with Gasteiger partial charge in [-0.15, -0.1) is 0 Å². The first-order valence-electron chi connectivity index (χ1n) is 7.10. The molecule has 1 aliphatic heterocycles. The van der Waals surface area contributed by atoms with Crippen molar-refractivity contribution in [2.24, 2.45) is 0 Å². The summed E-state index contributed by atoms with van der Waals surface area (Å²) in [6, 6.07) is 15.6. The smallest absolute Gasteiger partial charge is 0.115 e. The van der Waals surface area contributed by atoms with Crippen LogP contribution in [0.5, 0.6) is 5.75 Å². The minimum atomic E-state index is 0.0644. The van der Waals surface area contributed by atoms with Gasteiger partial charge in [-0.1, -0.05) is 35.9 Å². The van der Waals surface area contributed by atoms with E-state index in [0.717, 1.165) is 35.8 Å². The molecule has 0 saturated carbocycles. The highest BCUT2D eigenvalue weighted by Gasteiger charge is 2.22. The maximum absolute atomic E-state index is 9.47. The number of phenols is 1. The van der Waals surface area contributed by atoms with Gasteiger partial charge in [0.1, 0.15) is 5.75 Å². The van der Waals surface area contributed by atoms with Crippen molar-refractivity contribution < 1.29 is 9.84 Å². The largest absolute Gasteiger partial charge is 0.508 e. The van der Waals surface area contributed by atoms with Crippen molar-refractivity contribution in [3.05, 3.63) is 64.7 Å². The molecule has 1 heterocycles. The number of aromatic hydroxyl groups is 1. The molecule has 0 bridgehead atoms. The molecule has 2 aromatic rings. The molecular formula is C17H18ClNO2. The summed E-state index contributed by atoms with van der Waals surface area (Å²) in [5.41, 5.74) is 2.26. The Morgan fingerprint density at radius 2 is 1.67 bits per heavy atom. The van der Waals surface area contributed by atoms with Crippen molar-refractivity contribution in [1.29, 1.82) is 0 Å². The van der Waals surface area contributed by atoms with Crippen molar-refractivity contribution in [2.45, 2.75) is 18.5 Å². The number of rotatable bonds is 4. The average Bonchev–Trinajstić information content (AvgIpc) is 3.00. The van der Waals surface area contributed by atoms with Crippen LogP contribution in [0.15, 0.2) is 48.5 Å². The molecule has 0 amide bonds. The molecule has 21 heavy (non-hydrogen) atoms. The summed E-state index contributed by atoms with van der Waals surface area (Å²) in [7, 11) is 0. The van der Waals surface area contributed by atoms with Crippen molar-refractivity contribution in [2.75, 3.05) is 13.2 Å². The zero-order chi connectivity index (χ0) is 14.7. The van der Waals surface area contributed by atoms with Crippen LogP contribution < -0.4 is 5.32 Å². The number of hydrogen-bond donors (Lipinski definition) is 2. The van der Waals surface area contributed by atoms with Crippen LogP contribution >= 0.6 is 11.6 Å². The van der Waals surface area contributed by atoms with Crippen LogP contribution in [0, 0.1) is 0 Å². The van der Waals surface area contributed by atoms with Gasteiger partial charge in [-0.25, -0.2) is 0 Å². The summed E-state index contributed by atoms with van der Waals surface area (Å²) >= 11 is 5.98. The summed E-state index contributed by atoms with van der Waals surface area (Å²) in [5, 5.41) is 13.8. The van der Waals surface area contributed by atoms with Crippen molar-refractivity contribution in [3.8, 4) is 5.75 Å². The van der Waals surface area contributed by atoms with E-state index in [1.54, 1.807) is 12.1 Å². The van der Waals surface area contributed by atoms with Gasteiger partial charge in [0.05, 0.1) is 12.6 Å². The van der Waals surface area contributed by atoms with Gasteiger partial charge < -0.3 is 15.2 Å². The third kappa shape index (κ3) is 3.56. The Labute approximate surface area is 129 Å². The fourth-order valence-corrected chi connectivity index (χ4v) is 2.73. The molecule has 1 fully saturated rings. The van der Waals surface area contributed by atoms with Crippen molar-refractivity contribution in [1.82, 2.24) is 5.32 Å². The van der Waals surface area contributed by atoms with Crippen LogP contribution in [0.25, 0.3) is 0 Å². The quantitative estimate of drug-likeness (QED) is 0.908. The van der Waals surface area contributed by atoms with E-state index < -0.39 is 0 Å². The Hall–Kier alpha value is -1.55. The molecule has 110 valence electrons. The predicted molar refractivity (Wildman–Crippen MR) is 83.8 cm³/mol. The number of benzene rings is 2. The standard InChI is InChI=1S/C17H18ClNO2/c18-14-5-1-12(2-6-14)17(19-15-9-10-21-11-15)13-3-7-16(20)8-4-13/h1-8,15,17,19-20H,9-11H2. The molecule has 3 nitrogen and oxygen atoms in total. The predicted octanol–water partition coefficient (Wildman–Crippen LogP) is 3.51. The fraction of sp³-hybridized carbons (Fsp3) is 0.294. The second-order valence-corrected chi connectivity index (χ2v) is 5.74. The van der Waals surface area contributed by atoms with E-state index >= 15 is 0 Å². The second-order valence-electron chi connectivity index (χ2n) is 5.30. The van der Waals surface area contributed by atoms with Crippen LogP contribution in [0.3, 0.4) is 0 Å². The molecule has 2 N–H and O–H groups in total. The van der Waals surface area contributed by atoms with Crippen LogP contribution in [0.4, 0.5) is 0 Å². The Bertz CT molecular complexity index is 531. The molecule has 0 aliphatic carbocycles. The highest BCUT2D eigenvalue weighted by atomic mass is 35.5. The first-order valence-corrected chi connectivity index (χ1v) is 7.48. The zero-order valence-corrected chi connectivity index (χ0v) is 12.4. The third-order valence-corrected chi connectivity index (χ3v) is 4.01. The topological polar surface area (TPSA) is 41.5 Å². The highest BCUT2D eigenvalue weighted by molar-refractivity contribution is 6.30. The minimum Gasteiger partial charge on any atom is -0.508 e. The monoisotopic (exact) mass is 303 g/mol. The molecule has 0 spiro atoms. The molecule has 4 heteroatoms. The number of ether oxygens (including phenoxy) is 1. The van der Waals surface area contributed by atoms with Gasteiger partial charge in [-0.2, -0.15) is 0 Å². The lowest BCUT2D eigenvalue weighted by Crippen LogP contribution is -2.33. The molecule has 2 aromatic carbocycles. The fourth-order valence-electron chi connectivity index (χ4n) is 2.61.